The Kier molecular flexibility index (Phi) is 4.12. The third-order valence-electron chi connectivity index (χ3n) is 3.31. The summed E-state index contributed by atoms with van der Waals surface area (Å²) in [7, 11) is 0. The molecule has 22 heavy (non-hydrogen) atoms. The molecule has 0 bridgehead atoms. The molecule has 2 aromatic carbocycles. The van der Waals surface area contributed by atoms with Crippen LogP contribution in [0.15, 0.2) is 60.9 Å². The zero-order valence-electron chi connectivity index (χ0n) is 12.7. The van der Waals surface area contributed by atoms with E-state index in [2.05, 4.69) is 59.5 Å². The van der Waals surface area contributed by atoms with Crippen molar-refractivity contribution in [3.8, 4) is 0 Å². The summed E-state index contributed by atoms with van der Waals surface area (Å²) >= 11 is 0. The van der Waals surface area contributed by atoms with E-state index in [-0.39, 0.29) is 0 Å². The van der Waals surface area contributed by atoms with Gasteiger partial charge in [0.05, 0.1) is 6.20 Å². The van der Waals surface area contributed by atoms with Gasteiger partial charge in [-0.2, -0.15) is 4.98 Å². The minimum atomic E-state index is 0.761. The zero-order chi connectivity index (χ0) is 15.4. The monoisotopic (exact) mass is 291 g/mol. The van der Waals surface area contributed by atoms with Crippen LogP contribution in [0, 0.1) is 13.8 Å². The summed E-state index contributed by atoms with van der Waals surface area (Å²) < 4.78 is 0. The lowest BCUT2D eigenvalue weighted by Gasteiger charge is -2.09. The van der Waals surface area contributed by atoms with Crippen LogP contribution >= 0.6 is 0 Å². The molecule has 0 aliphatic rings. The standard InChI is InChI=1S/C18H18N4/c1-13-10-14(2)12-16(11-13)22-18-17(19-8-9-20-18)21-15-6-4-3-5-7-15/h3-12H,1-2H3,(H,19,21)(H,20,22)/p+1. The number of hydrogen-bond donors (Lipinski definition) is 2. The van der Waals surface area contributed by atoms with Gasteiger partial charge in [0.1, 0.15) is 5.69 Å². The normalized spacial score (nSPS) is 10.5. The lowest BCUT2D eigenvalue weighted by atomic mass is 10.1. The lowest BCUT2D eigenvalue weighted by Crippen LogP contribution is -2.71. The van der Waals surface area contributed by atoms with Crippen LogP contribution < -0.4 is 10.6 Å². The molecule has 3 rings (SSSR count). The summed E-state index contributed by atoms with van der Waals surface area (Å²) in [6, 6.07) is 16.5. The van der Waals surface area contributed by atoms with Gasteiger partial charge >= 0.3 is 0 Å². The average Bonchev–Trinajstić information content (AvgIpc) is 2.49. The number of nitrogens with zero attached hydrogens (tertiary/aromatic N) is 2. The third-order valence-corrected chi connectivity index (χ3v) is 3.31. The molecule has 0 aliphatic carbocycles. The topological polar surface area (TPSA) is 54.4 Å². The highest BCUT2D eigenvalue weighted by molar-refractivity contribution is 5.64. The molecule has 0 spiro atoms. The van der Waals surface area contributed by atoms with Gasteiger partial charge in [-0.3, -0.25) is 5.32 Å². The fraction of sp³-hybridized carbons (Fsp3) is 0.111. The van der Waals surface area contributed by atoms with E-state index >= 15 is 0 Å². The second kappa shape index (κ2) is 6.37. The number of benzene rings is 2. The van der Waals surface area contributed by atoms with Crippen LogP contribution in [0.5, 0.6) is 0 Å². The largest absolute Gasteiger partial charge is 0.334 e. The Balaban J connectivity index is 1.88. The van der Waals surface area contributed by atoms with Crippen LogP contribution in [0.3, 0.4) is 0 Å². The number of aryl methyl sites for hydroxylation is 2. The Hall–Kier alpha value is -2.72. The van der Waals surface area contributed by atoms with E-state index in [4.69, 9.17) is 0 Å². The first-order chi connectivity index (χ1) is 10.7. The molecule has 0 saturated heterocycles. The number of anilines is 2. The van der Waals surface area contributed by atoms with Gasteiger partial charge in [0, 0.05) is 11.9 Å². The highest BCUT2D eigenvalue weighted by atomic mass is 15.1. The second-order valence-electron chi connectivity index (χ2n) is 5.35. The van der Waals surface area contributed by atoms with Crippen molar-refractivity contribution < 1.29 is 5.32 Å². The maximum Gasteiger partial charge on any atom is 0.273 e. The molecular weight excluding hydrogens is 272 g/mol. The number of quaternary nitrogens is 1. The lowest BCUT2D eigenvalue weighted by molar-refractivity contribution is -0.482. The van der Waals surface area contributed by atoms with E-state index in [1.165, 1.54) is 11.1 Å². The smallest absolute Gasteiger partial charge is 0.273 e. The summed E-state index contributed by atoms with van der Waals surface area (Å²) in [6.45, 7) is 4.18. The van der Waals surface area contributed by atoms with Gasteiger partial charge in [-0.1, -0.05) is 24.3 Å². The predicted octanol–water partition coefficient (Wildman–Crippen LogP) is 3.36. The summed E-state index contributed by atoms with van der Waals surface area (Å²) in [5, 5.41) is 5.40. The van der Waals surface area contributed by atoms with Crippen molar-refractivity contribution in [1.82, 2.24) is 9.97 Å². The first-order valence-corrected chi connectivity index (χ1v) is 7.27. The number of nitrogens with one attached hydrogen (secondary N) is 1. The number of hydrogen-bond acceptors (Lipinski definition) is 3. The molecule has 3 N–H and O–H groups in total. The molecule has 0 aliphatic heterocycles. The van der Waals surface area contributed by atoms with Gasteiger partial charge in [-0.25, -0.2) is 4.98 Å². The van der Waals surface area contributed by atoms with Crippen molar-refractivity contribution >= 4 is 23.0 Å². The van der Waals surface area contributed by atoms with Gasteiger partial charge in [0.15, 0.2) is 0 Å². The van der Waals surface area contributed by atoms with Gasteiger partial charge < -0.3 is 5.32 Å². The Morgan fingerprint density at radius 3 is 2.27 bits per heavy atom. The van der Waals surface area contributed by atoms with Gasteiger partial charge in [0.2, 0.25) is 5.82 Å². The summed E-state index contributed by atoms with van der Waals surface area (Å²) in [4.78, 5) is 8.86. The SMILES string of the molecule is Cc1cc(C)cc(Nc2nccnc2[NH2+]c2ccccc2)c1. The van der Waals surface area contributed by atoms with Crippen molar-refractivity contribution in [3.05, 3.63) is 72.1 Å². The van der Waals surface area contributed by atoms with E-state index in [1.54, 1.807) is 12.4 Å². The highest BCUT2D eigenvalue weighted by Crippen LogP contribution is 2.20. The van der Waals surface area contributed by atoms with E-state index in [0.29, 0.717) is 0 Å². The Labute approximate surface area is 130 Å². The molecular formula is C18H19N4+. The molecule has 0 fully saturated rings. The Bertz CT molecular complexity index is 749. The summed E-state index contributed by atoms with van der Waals surface area (Å²) in [5.74, 6) is 1.59. The Morgan fingerprint density at radius 2 is 1.55 bits per heavy atom. The van der Waals surface area contributed by atoms with E-state index < -0.39 is 0 Å². The number of rotatable bonds is 4. The minimum absolute atomic E-state index is 0.761. The van der Waals surface area contributed by atoms with Crippen molar-refractivity contribution in [2.75, 3.05) is 5.32 Å². The summed E-state index contributed by atoms with van der Waals surface area (Å²) in [6.07, 6.45) is 3.41. The maximum atomic E-state index is 4.43. The predicted molar refractivity (Wildman–Crippen MR) is 88.9 cm³/mol. The summed E-state index contributed by atoms with van der Waals surface area (Å²) in [5.41, 5.74) is 4.58. The first-order valence-electron chi connectivity index (χ1n) is 7.27. The second-order valence-corrected chi connectivity index (χ2v) is 5.35. The fourth-order valence-corrected chi connectivity index (χ4v) is 2.44. The molecule has 1 aromatic heterocycles. The van der Waals surface area contributed by atoms with E-state index in [9.17, 15) is 0 Å². The van der Waals surface area contributed by atoms with E-state index in [1.807, 2.05) is 23.5 Å². The van der Waals surface area contributed by atoms with Crippen LogP contribution in [-0.2, 0) is 0 Å². The first kappa shape index (κ1) is 14.2. The van der Waals surface area contributed by atoms with Crippen LogP contribution in [0.4, 0.5) is 23.0 Å². The molecule has 4 nitrogen and oxygen atoms in total. The Morgan fingerprint density at radius 1 is 0.864 bits per heavy atom. The van der Waals surface area contributed by atoms with Crippen molar-refractivity contribution in [1.29, 1.82) is 0 Å². The molecule has 0 atom stereocenters. The third kappa shape index (κ3) is 3.48. The number of para-hydroxylation sites is 1. The average molecular weight is 291 g/mol. The molecule has 0 saturated carbocycles. The van der Waals surface area contributed by atoms with Crippen molar-refractivity contribution in [2.45, 2.75) is 13.8 Å². The fourth-order valence-electron chi connectivity index (χ4n) is 2.44. The van der Waals surface area contributed by atoms with Gasteiger partial charge in [-0.05, 0) is 49.2 Å². The van der Waals surface area contributed by atoms with Crippen LogP contribution in [0.1, 0.15) is 11.1 Å². The van der Waals surface area contributed by atoms with E-state index in [0.717, 1.165) is 23.0 Å². The zero-order valence-corrected chi connectivity index (χ0v) is 12.7. The minimum Gasteiger partial charge on any atom is -0.334 e. The molecule has 4 heteroatoms. The van der Waals surface area contributed by atoms with Crippen LogP contribution in [-0.4, -0.2) is 9.97 Å². The molecule has 110 valence electrons. The van der Waals surface area contributed by atoms with Crippen LogP contribution in [0.25, 0.3) is 0 Å². The number of nitrogens with two attached hydrogens (primary N) is 1. The van der Waals surface area contributed by atoms with Crippen molar-refractivity contribution in [3.63, 3.8) is 0 Å². The molecule has 1 heterocycles. The van der Waals surface area contributed by atoms with Crippen molar-refractivity contribution in [2.24, 2.45) is 0 Å². The van der Waals surface area contributed by atoms with Crippen LogP contribution in [0.2, 0.25) is 0 Å². The molecule has 0 radical (unpaired) electrons. The quantitative estimate of drug-likeness (QED) is 0.725. The maximum absolute atomic E-state index is 4.43. The molecule has 0 unspecified atom stereocenters. The molecule has 3 aromatic rings. The molecule has 0 amide bonds. The number of aromatic nitrogens is 2. The highest BCUT2D eigenvalue weighted by Gasteiger charge is 2.11. The van der Waals surface area contributed by atoms with Gasteiger partial charge in [-0.15, -0.1) is 0 Å². The van der Waals surface area contributed by atoms with Gasteiger partial charge in [0.25, 0.3) is 5.82 Å².